The molecule has 17 heavy (non-hydrogen) atoms. The number of nitrogens with two attached hydrogens (primary N) is 1. The van der Waals surface area contributed by atoms with Gasteiger partial charge in [-0.2, -0.15) is 0 Å². The maximum absolute atomic E-state index is 6.45. The second-order valence-corrected chi connectivity index (χ2v) is 6.15. The highest BCUT2D eigenvalue weighted by Gasteiger charge is 2.47. The SMILES string of the molecule is CC(N)C1(c2cc(Cl)c3c(c2)CCCC3)CC1. The number of aryl methyl sites for hydroxylation is 1. The maximum atomic E-state index is 6.45. The molecule has 0 heterocycles. The van der Waals surface area contributed by atoms with E-state index in [0.717, 1.165) is 11.4 Å². The van der Waals surface area contributed by atoms with E-state index in [0.29, 0.717) is 0 Å². The molecule has 1 atom stereocenters. The average Bonchev–Trinajstić information content (AvgIpc) is 3.10. The van der Waals surface area contributed by atoms with E-state index < -0.39 is 0 Å². The molecular weight excluding hydrogens is 230 g/mol. The van der Waals surface area contributed by atoms with E-state index in [9.17, 15) is 0 Å². The van der Waals surface area contributed by atoms with E-state index in [2.05, 4.69) is 19.1 Å². The maximum Gasteiger partial charge on any atom is 0.0443 e. The monoisotopic (exact) mass is 249 g/mol. The first kappa shape index (κ1) is 11.6. The summed E-state index contributed by atoms with van der Waals surface area (Å²) in [6.07, 6.45) is 7.37. The van der Waals surface area contributed by atoms with Gasteiger partial charge in [-0.15, -0.1) is 0 Å². The molecular formula is C15H20ClN. The third kappa shape index (κ3) is 1.80. The van der Waals surface area contributed by atoms with Gasteiger partial charge in [0.1, 0.15) is 0 Å². The van der Waals surface area contributed by atoms with Gasteiger partial charge in [-0.05, 0) is 68.2 Å². The topological polar surface area (TPSA) is 26.0 Å². The smallest absolute Gasteiger partial charge is 0.0443 e. The molecule has 1 unspecified atom stereocenters. The number of hydrogen-bond acceptors (Lipinski definition) is 1. The minimum absolute atomic E-state index is 0.232. The van der Waals surface area contributed by atoms with E-state index >= 15 is 0 Å². The number of benzene rings is 1. The summed E-state index contributed by atoms with van der Waals surface area (Å²) < 4.78 is 0. The lowest BCUT2D eigenvalue weighted by atomic mass is 9.84. The summed E-state index contributed by atoms with van der Waals surface area (Å²) in [5.74, 6) is 0. The fourth-order valence-corrected chi connectivity index (χ4v) is 3.58. The van der Waals surface area contributed by atoms with Gasteiger partial charge in [0, 0.05) is 16.5 Å². The largest absolute Gasteiger partial charge is 0.327 e. The van der Waals surface area contributed by atoms with Gasteiger partial charge >= 0.3 is 0 Å². The molecule has 0 saturated heterocycles. The highest BCUT2D eigenvalue weighted by atomic mass is 35.5. The van der Waals surface area contributed by atoms with Crippen LogP contribution in [0.2, 0.25) is 5.02 Å². The second-order valence-electron chi connectivity index (χ2n) is 5.75. The van der Waals surface area contributed by atoms with Crippen LogP contribution in [0, 0.1) is 0 Å². The van der Waals surface area contributed by atoms with E-state index in [-0.39, 0.29) is 11.5 Å². The molecule has 0 bridgehead atoms. The molecule has 1 aromatic carbocycles. The molecule has 92 valence electrons. The van der Waals surface area contributed by atoms with Gasteiger partial charge in [-0.3, -0.25) is 0 Å². The Kier molecular flexibility index (Phi) is 2.72. The molecule has 0 spiro atoms. The van der Waals surface area contributed by atoms with Crippen LogP contribution >= 0.6 is 11.6 Å². The molecule has 2 N–H and O–H groups in total. The van der Waals surface area contributed by atoms with Crippen molar-refractivity contribution in [3.8, 4) is 0 Å². The van der Waals surface area contributed by atoms with Crippen LogP contribution in [0.25, 0.3) is 0 Å². The van der Waals surface area contributed by atoms with Crippen LogP contribution in [0.5, 0.6) is 0 Å². The van der Waals surface area contributed by atoms with Crippen LogP contribution in [0.1, 0.15) is 49.3 Å². The molecule has 2 aliphatic rings. The molecule has 0 amide bonds. The van der Waals surface area contributed by atoms with Crippen LogP contribution in [0.3, 0.4) is 0 Å². The first-order valence-electron chi connectivity index (χ1n) is 6.71. The zero-order valence-corrected chi connectivity index (χ0v) is 11.2. The van der Waals surface area contributed by atoms with Crippen molar-refractivity contribution >= 4 is 11.6 Å². The Balaban J connectivity index is 2.05. The first-order chi connectivity index (χ1) is 8.13. The van der Waals surface area contributed by atoms with Gasteiger partial charge in [0.15, 0.2) is 0 Å². The molecule has 1 fully saturated rings. The standard InChI is InChI=1S/C15H20ClN/c1-10(17)15(6-7-15)12-8-11-4-2-3-5-13(11)14(16)9-12/h8-10H,2-7,17H2,1H3. The highest BCUT2D eigenvalue weighted by molar-refractivity contribution is 6.31. The molecule has 1 saturated carbocycles. The Morgan fingerprint density at radius 2 is 1.94 bits per heavy atom. The molecule has 1 aromatic rings. The fraction of sp³-hybridized carbons (Fsp3) is 0.600. The molecule has 2 aliphatic carbocycles. The van der Waals surface area contributed by atoms with Gasteiger partial charge in [-0.1, -0.05) is 17.7 Å². The van der Waals surface area contributed by atoms with Gasteiger partial charge in [0.25, 0.3) is 0 Å². The molecule has 1 nitrogen and oxygen atoms in total. The summed E-state index contributed by atoms with van der Waals surface area (Å²) in [6.45, 7) is 2.13. The normalized spacial score (nSPS) is 23.0. The van der Waals surface area contributed by atoms with Crippen LogP contribution in [0.15, 0.2) is 12.1 Å². The lowest BCUT2D eigenvalue weighted by molar-refractivity contribution is 0.554. The predicted molar refractivity (Wildman–Crippen MR) is 72.7 cm³/mol. The Labute approximate surface area is 108 Å². The van der Waals surface area contributed by atoms with Crippen molar-refractivity contribution in [1.82, 2.24) is 0 Å². The Bertz CT molecular complexity index is 446. The minimum Gasteiger partial charge on any atom is -0.327 e. The molecule has 0 aliphatic heterocycles. The van der Waals surface area contributed by atoms with Crippen molar-refractivity contribution in [2.75, 3.05) is 0 Å². The van der Waals surface area contributed by atoms with Crippen molar-refractivity contribution in [2.24, 2.45) is 5.73 Å². The van der Waals surface area contributed by atoms with E-state index in [1.807, 2.05) is 0 Å². The van der Waals surface area contributed by atoms with Gasteiger partial charge in [-0.25, -0.2) is 0 Å². The lowest BCUT2D eigenvalue weighted by Gasteiger charge is -2.24. The van der Waals surface area contributed by atoms with Gasteiger partial charge in [0.2, 0.25) is 0 Å². The Morgan fingerprint density at radius 1 is 1.24 bits per heavy atom. The molecule has 0 aromatic heterocycles. The summed E-state index contributed by atoms with van der Waals surface area (Å²) in [7, 11) is 0. The van der Waals surface area contributed by atoms with Gasteiger partial charge < -0.3 is 5.73 Å². The zero-order chi connectivity index (χ0) is 12.0. The van der Waals surface area contributed by atoms with Crippen molar-refractivity contribution < 1.29 is 0 Å². The molecule has 3 rings (SSSR count). The summed E-state index contributed by atoms with van der Waals surface area (Å²) in [4.78, 5) is 0. The van der Waals surface area contributed by atoms with Crippen LogP contribution in [0.4, 0.5) is 0 Å². The van der Waals surface area contributed by atoms with Crippen molar-refractivity contribution in [1.29, 1.82) is 0 Å². The number of hydrogen-bond donors (Lipinski definition) is 1. The van der Waals surface area contributed by atoms with Crippen molar-refractivity contribution in [3.05, 3.63) is 33.8 Å². The van der Waals surface area contributed by atoms with E-state index in [1.54, 1.807) is 0 Å². The quantitative estimate of drug-likeness (QED) is 0.852. The summed E-state index contributed by atoms with van der Waals surface area (Å²) in [5, 5.41) is 0.976. The molecule has 0 radical (unpaired) electrons. The highest BCUT2D eigenvalue weighted by Crippen LogP contribution is 2.51. The van der Waals surface area contributed by atoms with E-state index in [4.69, 9.17) is 17.3 Å². The van der Waals surface area contributed by atoms with Crippen LogP contribution < -0.4 is 5.73 Å². The minimum atomic E-state index is 0.232. The Morgan fingerprint density at radius 3 is 2.59 bits per heavy atom. The van der Waals surface area contributed by atoms with Crippen molar-refractivity contribution in [3.63, 3.8) is 0 Å². The zero-order valence-electron chi connectivity index (χ0n) is 10.4. The van der Waals surface area contributed by atoms with Crippen LogP contribution in [-0.2, 0) is 18.3 Å². The summed E-state index contributed by atoms with van der Waals surface area (Å²) >= 11 is 6.45. The van der Waals surface area contributed by atoms with E-state index in [1.165, 1.54) is 48.8 Å². The van der Waals surface area contributed by atoms with Gasteiger partial charge in [0.05, 0.1) is 0 Å². The van der Waals surface area contributed by atoms with Crippen molar-refractivity contribution in [2.45, 2.75) is 56.9 Å². The third-order valence-corrected chi connectivity index (χ3v) is 4.98. The Hall–Kier alpha value is -0.530. The first-order valence-corrected chi connectivity index (χ1v) is 7.09. The summed E-state index contributed by atoms with van der Waals surface area (Å²) in [6, 6.07) is 4.80. The number of rotatable bonds is 2. The fourth-order valence-electron chi connectivity index (χ4n) is 3.24. The number of fused-ring (bicyclic) bond motifs is 1. The third-order valence-electron chi connectivity index (χ3n) is 4.65. The molecule has 2 heteroatoms. The average molecular weight is 250 g/mol. The van der Waals surface area contributed by atoms with Crippen LogP contribution in [-0.4, -0.2) is 6.04 Å². The lowest BCUT2D eigenvalue weighted by Crippen LogP contribution is -2.31. The summed E-state index contributed by atoms with van der Waals surface area (Å²) in [5.41, 5.74) is 10.6. The second kappa shape index (κ2) is 4.00. The predicted octanol–water partition coefficient (Wildman–Crippen LogP) is 3.60. The number of halogens is 1.